The first kappa shape index (κ1) is 17.6. The average molecular weight is 346 g/mol. The van der Waals surface area contributed by atoms with Crippen LogP contribution in [0.4, 0.5) is 0 Å². The quantitative estimate of drug-likeness (QED) is 0.799. The standard InChI is InChI=1S/C17H16ClN3O3/c1-3-5-13(16(19)23)20-17(24)12-9-21(4-2)14-7-6-10(18)8-11(14)15(12)22/h1,6-9,13H,4-5H2,2H3,(H2,19,23)(H,20,24)/t13-/m0/s1. The predicted octanol–water partition coefficient (Wildman–Crippen LogP) is 1.28. The van der Waals surface area contributed by atoms with Gasteiger partial charge in [0.25, 0.3) is 5.91 Å². The number of rotatable bonds is 5. The molecule has 1 heterocycles. The van der Waals surface area contributed by atoms with Crippen LogP contribution in [-0.4, -0.2) is 22.4 Å². The van der Waals surface area contributed by atoms with Crippen LogP contribution < -0.4 is 16.5 Å². The number of fused-ring (bicyclic) bond motifs is 1. The molecule has 0 saturated carbocycles. The van der Waals surface area contributed by atoms with Gasteiger partial charge in [-0.05, 0) is 25.1 Å². The van der Waals surface area contributed by atoms with Gasteiger partial charge in [-0.2, -0.15) is 0 Å². The second-order valence-corrected chi connectivity index (χ2v) is 5.59. The number of primary amides is 1. The van der Waals surface area contributed by atoms with Crippen molar-refractivity contribution < 1.29 is 9.59 Å². The van der Waals surface area contributed by atoms with Gasteiger partial charge in [0.05, 0.1) is 5.52 Å². The maximum Gasteiger partial charge on any atom is 0.257 e. The number of hydrogen-bond donors (Lipinski definition) is 2. The summed E-state index contributed by atoms with van der Waals surface area (Å²) in [6, 6.07) is 3.86. The minimum atomic E-state index is -1.04. The minimum absolute atomic E-state index is 0.0531. The third-order valence-electron chi connectivity index (χ3n) is 3.60. The summed E-state index contributed by atoms with van der Waals surface area (Å²) >= 11 is 5.95. The van der Waals surface area contributed by atoms with Crippen LogP contribution in [0.1, 0.15) is 23.7 Å². The first-order chi connectivity index (χ1) is 11.4. The zero-order valence-corrected chi connectivity index (χ0v) is 13.8. The molecular weight excluding hydrogens is 330 g/mol. The van der Waals surface area contributed by atoms with Gasteiger partial charge in [-0.3, -0.25) is 14.4 Å². The molecule has 0 saturated heterocycles. The third kappa shape index (κ3) is 3.42. The van der Waals surface area contributed by atoms with Crippen LogP contribution in [0, 0.1) is 12.3 Å². The highest BCUT2D eigenvalue weighted by Gasteiger charge is 2.21. The Balaban J connectivity index is 2.54. The van der Waals surface area contributed by atoms with Crippen LogP contribution in [0.25, 0.3) is 10.9 Å². The summed E-state index contributed by atoms with van der Waals surface area (Å²) in [5.74, 6) is 0.795. The molecule has 7 heteroatoms. The van der Waals surface area contributed by atoms with Gasteiger partial charge in [-0.25, -0.2) is 0 Å². The van der Waals surface area contributed by atoms with Crippen LogP contribution in [0.5, 0.6) is 0 Å². The first-order valence-corrected chi connectivity index (χ1v) is 7.63. The Morgan fingerprint density at radius 1 is 1.46 bits per heavy atom. The number of carbonyl (C=O) groups is 2. The molecule has 0 fully saturated rings. The number of terminal acetylenes is 1. The van der Waals surface area contributed by atoms with E-state index in [1.807, 2.05) is 6.92 Å². The van der Waals surface area contributed by atoms with Crippen molar-refractivity contribution in [2.45, 2.75) is 25.9 Å². The number of aromatic nitrogens is 1. The maximum atomic E-state index is 12.6. The summed E-state index contributed by atoms with van der Waals surface area (Å²) in [7, 11) is 0. The highest BCUT2D eigenvalue weighted by molar-refractivity contribution is 6.31. The number of hydrogen-bond acceptors (Lipinski definition) is 3. The number of nitrogens with zero attached hydrogens (tertiary/aromatic N) is 1. The van der Waals surface area contributed by atoms with Crippen LogP contribution in [0.2, 0.25) is 5.02 Å². The molecule has 6 nitrogen and oxygen atoms in total. The average Bonchev–Trinajstić information content (AvgIpc) is 2.55. The lowest BCUT2D eigenvalue weighted by molar-refractivity contribution is -0.119. The third-order valence-corrected chi connectivity index (χ3v) is 3.83. The fourth-order valence-electron chi connectivity index (χ4n) is 2.37. The van der Waals surface area contributed by atoms with Gasteiger partial charge in [0, 0.05) is 29.6 Å². The predicted molar refractivity (Wildman–Crippen MR) is 92.8 cm³/mol. The summed E-state index contributed by atoms with van der Waals surface area (Å²) in [6.45, 7) is 2.42. The molecule has 1 aromatic heterocycles. The zero-order valence-electron chi connectivity index (χ0n) is 13.0. The Hall–Kier alpha value is -2.78. The van der Waals surface area contributed by atoms with E-state index in [-0.39, 0.29) is 12.0 Å². The molecule has 2 amide bonds. The molecule has 24 heavy (non-hydrogen) atoms. The Bertz CT molecular complexity index is 912. The maximum absolute atomic E-state index is 12.6. The van der Waals surface area contributed by atoms with Gasteiger partial charge in [-0.1, -0.05) is 11.6 Å². The molecule has 1 atom stereocenters. The summed E-state index contributed by atoms with van der Waals surface area (Å²) in [5.41, 5.74) is 5.29. The number of benzene rings is 1. The summed E-state index contributed by atoms with van der Waals surface area (Å²) in [6.07, 6.45) is 6.55. The number of pyridine rings is 1. The fraction of sp³-hybridized carbons (Fsp3) is 0.235. The largest absolute Gasteiger partial charge is 0.368 e. The van der Waals surface area contributed by atoms with Gasteiger partial charge in [0.1, 0.15) is 11.6 Å². The molecular formula is C17H16ClN3O3. The molecule has 3 N–H and O–H groups in total. The first-order valence-electron chi connectivity index (χ1n) is 7.25. The minimum Gasteiger partial charge on any atom is -0.368 e. The van der Waals surface area contributed by atoms with Crippen molar-refractivity contribution in [3.63, 3.8) is 0 Å². The second kappa shape index (κ2) is 7.20. The molecule has 0 radical (unpaired) electrons. The van der Waals surface area contributed by atoms with Crippen LogP contribution in [-0.2, 0) is 11.3 Å². The van der Waals surface area contributed by atoms with E-state index in [1.165, 1.54) is 12.3 Å². The van der Waals surface area contributed by atoms with Gasteiger partial charge in [0.15, 0.2) is 0 Å². The molecule has 1 aromatic carbocycles. The number of nitrogens with one attached hydrogen (secondary N) is 1. The molecule has 0 unspecified atom stereocenters. The SMILES string of the molecule is C#CC[C@H](NC(=O)c1cn(CC)c2ccc(Cl)cc2c1=O)C(N)=O. The van der Waals surface area contributed by atoms with E-state index < -0.39 is 23.3 Å². The van der Waals surface area contributed by atoms with E-state index in [4.69, 9.17) is 23.8 Å². The van der Waals surface area contributed by atoms with E-state index in [2.05, 4.69) is 11.2 Å². The molecule has 124 valence electrons. The van der Waals surface area contributed by atoms with Gasteiger partial charge >= 0.3 is 0 Å². The highest BCUT2D eigenvalue weighted by Crippen LogP contribution is 2.17. The van der Waals surface area contributed by atoms with Crippen molar-refractivity contribution >= 4 is 34.3 Å². The van der Waals surface area contributed by atoms with E-state index in [0.717, 1.165) is 0 Å². The molecule has 0 spiro atoms. The Labute approximate surface area is 143 Å². The monoisotopic (exact) mass is 345 g/mol. The number of nitrogens with two attached hydrogens (primary N) is 1. The summed E-state index contributed by atoms with van der Waals surface area (Å²) in [5, 5.41) is 3.12. The van der Waals surface area contributed by atoms with Crippen LogP contribution in [0.3, 0.4) is 0 Å². The van der Waals surface area contributed by atoms with E-state index in [9.17, 15) is 14.4 Å². The van der Waals surface area contributed by atoms with Crippen molar-refractivity contribution in [3.8, 4) is 12.3 Å². The normalized spacial score (nSPS) is 11.7. The van der Waals surface area contributed by atoms with Crippen molar-refractivity contribution in [1.82, 2.24) is 9.88 Å². The zero-order chi connectivity index (χ0) is 17.9. The van der Waals surface area contributed by atoms with E-state index in [1.54, 1.807) is 16.7 Å². The van der Waals surface area contributed by atoms with E-state index in [0.29, 0.717) is 22.5 Å². The summed E-state index contributed by atoms with van der Waals surface area (Å²) in [4.78, 5) is 36.4. The van der Waals surface area contributed by atoms with Crippen molar-refractivity contribution in [1.29, 1.82) is 0 Å². The molecule has 0 aliphatic rings. The molecule has 0 aliphatic carbocycles. The number of amides is 2. The summed E-state index contributed by atoms with van der Waals surface area (Å²) < 4.78 is 1.75. The Kier molecular flexibility index (Phi) is 5.27. The molecule has 2 rings (SSSR count). The smallest absolute Gasteiger partial charge is 0.257 e. The topological polar surface area (TPSA) is 94.2 Å². The number of aryl methyl sites for hydroxylation is 1. The number of halogens is 1. The van der Waals surface area contributed by atoms with Crippen LogP contribution in [0.15, 0.2) is 29.2 Å². The van der Waals surface area contributed by atoms with Crippen molar-refractivity contribution in [3.05, 3.63) is 45.2 Å². The lowest BCUT2D eigenvalue weighted by Gasteiger charge is -2.15. The van der Waals surface area contributed by atoms with Crippen LogP contribution >= 0.6 is 11.6 Å². The van der Waals surface area contributed by atoms with Gasteiger partial charge in [0.2, 0.25) is 11.3 Å². The Morgan fingerprint density at radius 2 is 2.17 bits per heavy atom. The lowest BCUT2D eigenvalue weighted by Crippen LogP contribution is -2.45. The fourth-order valence-corrected chi connectivity index (χ4v) is 2.54. The highest BCUT2D eigenvalue weighted by atomic mass is 35.5. The Morgan fingerprint density at radius 3 is 2.75 bits per heavy atom. The van der Waals surface area contributed by atoms with Gasteiger partial charge < -0.3 is 15.6 Å². The number of carbonyl (C=O) groups excluding carboxylic acids is 2. The van der Waals surface area contributed by atoms with Gasteiger partial charge in [-0.15, -0.1) is 12.3 Å². The lowest BCUT2D eigenvalue weighted by atomic mass is 10.1. The molecule has 2 aromatic rings. The van der Waals surface area contributed by atoms with Crippen molar-refractivity contribution in [2.75, 3.05) is 0 Å². The second-order valence-electron chi connectivity index (χ2n) is 5.16. The van der Waals surface area contributed by atoms with Crippen molar-refractivity contribution in [2.24, 2.45) is 5.73 Å². The van der Waals surface area contributed by atoms with E-state index >= 15 is 0 Å². The molecule has 0 bridgehead atoms. The molecule has 0 aliphatic heterocycles.